The van der Waals surface area contributed by atoms with Crippen molar-refractivity contribution in [3.8, 4) is 5.75 Å². The molecule has 0 radical (unpaired) electrons. The molecule has 0 unspecified atom stereocenters. The lowest BCUT2D eigenvalue weighted by molar-refractivity contribution is -0.132. The van der Waals surface area contributed by atoms with Crippen molar-refractivity contribution in [3.05, 3.63) is 57.6 Å². The van der Waals surface area contributed by atoms with E-state index in [1.165, 1.54) is 16.7 Å². The zero-order chi connectivity index (χ0) is 18.7. The fraction of sp³-hybridized carbons (Fsp3) is 0.429. The number of aromatic nitrogens is 1. The van der Waals surface area contributed by atoms with Gasteiger partial charge >= 0.3 is 0 Å². The molecule has 3 rings (SSSR count). The topological polar surface area (TPSA) is 42.4 Å². The van der Waals surface area contributed by atoms with Crippen LogP contribution in [0, 0.1) is 26.7 Å². The minimum atomic E-state index is 0.212. The van der Waals surface area contributed by atoms with Gasteiger partial charge in [-0.1, -0.05) is 12.1 Å². The molecule has 1 aromatic carbocycles. The third-order valence-corrected chi connectivity index (χ3v) is 5.53. The third-order valence-electron chi connectivity index (χ3n) is 4.66. The van der Waals surface area contributed by atoms with E-state index >= 15 is 0 Å². The number of carbonyl (C=O) groups is 1. The summed E-state index contributed by atoms with van der Waals surface area (Å²) in [6.45, 7) is 11.6. The minimum absolute atomic E-state index is 0.212. The maximum absolute atomic E-state index is 12.3. The normalized spacial score (nSPS) is 13.5. The van der Waals surface area contributed by atoms with E-state index in [2.05, 4.69) is 44.5 Å². The lowest BCUT2D eigenvalue weighted by Gasteiger charge is -2.19. The SMILES string of the molecule is C=CCN(Cc1csc(COc2cc(C)cc(C)c2C)n1)C(=O)C1CC1. The molecule has 1 aliphatic carbocycles. The van der Waals surface area contributed by atoms with E-state index in [0.717, 1.165) is 29.3 Å². The summed E-state index contributed by atoms with van der Waals surface area (Å²) >= 11 is 1.58. The highest BCUT2D eigenvalue weighted by Crippen LogP contribution is 2.31. The maximum Gasteiger partial charge on any atom is 0.226 e. The Morgan fingerprint density at radius 1 is 1.38 bits per heavy atom. The first kappa shape index (κ1) is 18.6. The fourth-order valence-electron chi connectivity index (χ4n) is 2.95. The molecule has 26 heavy (non-hydrogen) atoms. The van der Waals surface area contributed by atoms with Crippen molar-refractivity contribution >= 4 is 17.2 Å². The molecule has 0 bridgehead atoms. The highest BCUT2D eigenvalue weighted by Gasteiger charge is 2.33. The molecule has 1 aromatic heterocycles. The average Bonchev–Trinajstić information content (AvgIpc) is 3.36. The number of carbonyl (C=O) groups excluding carboxylic acids is 1. The van der Waals surface area contributed by atoms with Gasteiger partial charge < -0.3 is 9.64 Å². The molecule has 1 aliphatic rings. The lowest BCUT2D eigenvalue weighted by atomic mass is 10.1. The van der Waals surface area contributed by atoms with E-state index in [9.17, 15) is 4.79 Å². The number of aryl methyl sites for hydroxylation is 2. The number of thiazole rings is 1. The Hall–Kier alpha value is -2.14. The molecule has 0 atom stereocenters. The van der Waals surface area contributed by atoms with Gasteiger partial charge in [0.2, 0.25) is 5.91 Å². The first-order chi connectivity index (χ1) is 12.5. The van der Waals surface area contributed by atoms with Crippen LogP contribution >= 0.6 is 11.3 Å². The van der Waals surface area contributed by atoms with Crippen LogP contribution in [0.15, 0.2) is 30.2 Å². The predicted molar refractivity (Wildman–Crippen MR) is 105 cm³/mol. The van der Waals surface area contributed by atoms with Crippen LogP contribution in [-0.2, 0) is 17.9 Å². The second-order valence-corrected chi connectivity index (χ2v) is 7.95. The molecule has 0 N–H and O–H groups in total. The zero-order valence-corrected chi connectivity index (χ0v) is 16.6. The van der Waals surface area contributed by atoms with E-state index in [1.54, 1.807) is 17.4 Å². The van der Waals surface area contributed by atoms with Crippen molar-refractivity contribution in [2.75, 3.05) is 6.54 Å². The van der Waals surface area contributed by atoms with Gasteiger partial charge in [0.15, 0.2) is 0 Å². The van der Waals surface area contributed by atoms with Crippen LogP contribution in [-0.4, -0.2) is 22.3 Å². The lowest BCUT2D eigenvalue weighted by Crippen LogP contribution is -2.32. The molecule has 5 heteroatoms. The van der Waals surface area contributed by atoms with E-state index < -0.39 is 0 Å². The summed E-state index contributed by atoms with van der Waals surface area (Å²) in [4.78, 5) is 18.8. The largest absolute Gasteiger partial charge is 0.486 e. The van der Waals surface area contributed by atoms with Gasteiger partial charge in [-0.15, -0.1) is 17.9 Å². The van der Waals surface area contributed by atoms with Crippen molar-refractivity contribution < 1.29 is 9.53 Å². The number of rotatable bonds is 8. The zero-order valence-electron chi connectivity index (χ0n) is 15.7. The summed E-state index contributed by atoms with van der Waals surface area (Å²) in [5.41, 5.74) is 4.52. The second kappa shape index (κ2) is 8.04. The van der Waals surface area contributed by atoms with Gasteiger partial charge in [-0.05, 0) is 56.4 Å². The number of ether oxygens (including phenoxy) is 1. The number of hydrogen-bond donors (Lipinski definition) is 0. The number of nitrogens with zero attached hydrogens (tertiary/aromatic N) is 2. The van der Waals surface area contributed by atoms with Gasteiger partial charge in [0, 0.05) is 17.8 Å². The summed E-state index contributed by atoms with van der Waals surface area (Å²) in [6.07, 6.45) is 3.80. The van der Waals surface area contributed by atoms with Crippen molar-refractivity contribution in [1.29, 1.82) is 0 Å². The molecule has 0 saturated heterocycles. The Balaban J connectivity index is 1.62. The molecule has 0 spiro atoms. The quantitative estimate of drug-likeness (QED) is 0.639. The first-order valence-corrected chi connectivity index (χ1v) is 9.89. The average molecular weight is 371 g/mol. The molecular weight excluding hydrogens is 344 g/mol. The molecule has 138 valence electrons. The molecule has 1 heterocycles. The van der Waals surface area contributed by atoms with E-state index in [4.69, 9.17) is 4.74 Å². The van der Waals surface area contributed by atoms with Crippen LogP contribution in [0.1, 0.15) is 40.2 Å². The van der Waals surface area contributed by atoms with Crippen LogP contribution in [0.4, 0.5) is 0 Å². The Kier molecular flexibility index (Phi) is 5.77. The minimum Gasteiger partial charge on any atom is -0.486 e. The molecule has 0 aliphatic heterocycles. The van der Waals surface area contributed by atoms with Crippen molar-refractivity contribution in [1.82, 2.24) is 9.88 Å². The highest BCUT2D eigenvalue weighted by atomic mass is 32.1. The Labute approximate surface area is 159 Å². The van der Waals surface area contributed by atoms with Crippen molar-refractivity contribution in [3.63, 3.8) is 0 Å². The van der Waals surface area contributed by atoms with Crippen LogP contribution in [0.3, 0.4) is 0 Å². The fourth-order valence-corrected chi connectivity index (χ4v) is 3.65. The van der Waals surface area contributed by atoms with Crippen LogP contribution in [0.5, 0.6) is 5.75 Å². The van der Waals surface area contributed by atoms with E-state index in [1.807, 2.05) is 10.3 Å². The molecule has 2 aromatic rings. The summed E-state index contributed by atoms with van der Waals surface area (Å²) in [7, 11) is 0. The van der Waals surface area contributed by atoms with Crippen LogP contribution in [0.25, 0.3) is 0 Å². The van der Waals surface area contributed by atoms with Crippen LogP contribution < -0.4 is 4.74 Å². The summed E-state index contributed by atoms with van der Waals surface area (Å²) in [5.74, 6) is 1.35. The standard InChI is InChI=1S/C21H26N2O2S/c1-5-8-23(21(24)17-6-7-17)11-18-13-26-20(22-18)12-25-19-10-14(2)9-15(3)16(19)4/h5,9-10,13,17H,1,6-8,11-12H2,2-4H3. The van der Waals surface area contributed by atoms with Crippen molar-refractivity contribution in [2.24, 2.45) is 5.92 Å². The van der Waals surface area contributed by atoms with E-state index in [0.29, 0.717) is 19.7 Å². The van der Waals surface area contributed by atoms with Gasteiger partial charge in [-0.25, -0.2) is 4.98 Å². The highest BCUT2D eigenvalue weighted by molar-refractivity contribution is 7.09. The van der Waals surface area contributed by atoms with Gasteiger partial charge in [0.1, 0.15) is 17.4 Å². The Morgan fingerprint density at radius 2 is 2.15 bits per heavy atom. The van der Waals surface area contributed by atoms with Gasteiger partial charge in [0.25, 0.3) is 0 Å². The van der Waals surface area contributed by atoms with Gasteiger partial charge in [0.05, 0.1) is 12.2 Å². The monoisotopic (exact) mass is 370 g/mol. The second-order valence-electron chi connectivity index (χ2n) is 7.01. The summed E-state index contributed by atoms with van der Waals surface area (Å²) < 4.78 is 6.00. The smallest absolute Gasteiger partial charge is 0.226 e. The third kappa shape index (κ3) is 4.52. The summed E-state index contributed by atoms with van der Waals surface area (Å²) in [5, 5.41) is 2.94. The van der Waals surface area contributed by atoms with Crippen molar-refractivity contribution in [2.45, 2.75) is 46.8 Å². The predicted octanol–water partition coefficient (Wildman–Crippen LogP) is 4.57. The van der Waals surface area contributed by atoms with Gasteiger partial charge in [-0.3, -0.25) is 4.79 Å². The first-order valence-electron chi connectivity index (χ1n) is 9.01. The molecule has 1 amide bonds. The molecule has 4 nitrogen and oxygen atoms in total. The number of benzene rings is 1. The molecule has 1 saturated carbocycles. The molecular formula is C21H26N2O2S. The van der Waals surface area contributed by atoms with Gasteiger partial charge in [-0.2, -0.15) is 0 Å². The maximum atomic E-state index is 12.3. The number of hydrogen-bond acceptors (Lipinski definition) is 4. The Bertz CT molecular complexity index is 808. The Morgan fingerprint density at radius 3 is 2.85 bits per heavy atom. The van der Waals surface area contributed by atoms with E-state index in [-0.39, 0.29) is 11.8 Å². The van der Waals surface area contributed by atoms with Crippen LogP contribution in [0.2, 0.25) is 0 Å². The number of amides is 1. The summed E-state index contributed by atoms with van der Waals surface area (Å²) in [6, 6.07) is 4.23. The molecule has 1 fully saturated rings.